The number of nitrogens with zero attached hydrogens (tertiary/aromatic N) is 3. The Balaban J connectivity index is 1.56. The molecule has 0 saturated heterocycles. The van der Waals surface area contributed by atoms with Crippen LogP contribution in [0.1, 0.15) is 46.5 Å². The predicted octanol–water partition coefficient (Wildman–Crippen LogP) is 4.31. The van der Waals surface area contributed by atoms with E-state index in [0.29, 0.717) is 42.7 Å². The molecule has 2 heterocycles. The minimum atomic E-state index is -0.245. The number of methoxy groups -OCH3 is 1. The fraction of sp³-hybridized carbons (Fsp3) is 0.360. The minimum absolute atomic E-state index is 0.239. The molecule has 3 rings (SSSR count). The zero-order chi connectivity index (χ0) is 24.3. The number of carbonyl (C=O) groups excluding carboxylic acids is 2. The molecule has 180 valence electrons. The summed E-state index contributed by atoms with van der Waals surface area (Å²) in [7, 11) is 1.59. The third kappa shape index (κ3) is 7.64. The Hall–Kier alpha value is -3.30. The van der Waals surface area contributed by atoms with Gasteiger partial charge in [0, 0.05) is 49.6 Å². The number of aromatic nitrogens is 2. The second-order valence-electron chi connectivity index (χ2n) is 8.07. The summed E-state index contributed by atoms with van der Waals surface area (Å²) in [6.07, 6.45) is 2.38. The van der Waals surface area contributed by atoms with Gasteiger partial charge in [0.1, 0.15) is 10.7 Å². The number of benzene rings is 1. The number of anilines is 1. The zero-order valence-electron chi connectivity index (χ0n) is 19.8. The quantitative estimate of drug-likeness (QED) is 0.425. The van der Waals surface area contributed by atoms with Crippen molar-refractivity contribution in [3.63, 3.8) is 0 Å². The number of amides is 3. The van der Waals surface area contributed by atoms with Crippen LogP contribution in [0.2, 0.25) is 0 Å². The summed E-state index contributed by atoms with van der Waals surface area (Å²) < 4.78 is 5.17. The molecular formula is C25H31N5O3S. The van der Waals surface area contributed by atoms with Crippen LogP contribution in [-0.2, 0) is 17.7 Å². The Morgan fingerprint density at radius 2 is 1.94 bits per heavy atom. The van der Waals surface area contributed by atoms with Crippen molar-refractivity contribution in [2.24, 2.45) is 0 Å². The van der Waals surface area contributed by atoms with Gasteiger partial charge in [0.05, 0.1) is 13.2 Å². The first kappa shape index (κ1) is 25.3. The Bertz CT molecular complexity index is 1050. The number of carbonyl (C=O) groups is 2. The van der Waals surface area contributed by atoms with Crippen molar-refractivity contribution in [3.05, 3.63) is 76.0 Å². The molecule has 1 aromatic carbocycles. The first-order chi connectivity index (χ1) is 16.5. The molecule has 0 spiro atoms. The van der Waals surface area contributed by atoms with E-state index in [0.717, 1.165) is 11.4 Å². The van der Waals surface area contributed by atoms with Crippen LogP contribution in [0.15, 0.2) is 54.0 Å². The Morgan fingerprint density at radius 3 is 2.62 bits per heavy atom. The van der Waals surface area contributed by atoms with Gasteiger partial charge in [-0.1, -0.05) is 32.0 Å². The highest BCUT2D eigenvalue weighted by atomic mass is 32.1. The SMILES string of the molecule is COCCN(Cc1nc(C(=O)NCCc2ccccn2)cs1)C(=O)Nc1ccc(C(C)C)cc1. The van der Waals surface area contributed by atoms with Crippen molar-refractivity contribution >= 4 is 29.0 Å². The topological polar surface area (TPSA) is 96.4 Å². The lowest BCUT2D eigenvalue weighted by Gasteiger charge is -2.22. The smallest absolute Gasteiger partial charge is 0.322 e. The number of hydrogen-bond donors (Lipinski definition) is 2. The maximum absolute atomic E-state index is 12.9. The highest BCUT2D eigenvalue weighted by Crippen LogP contribution is 2.18. The highest BCUT2D eigenvalue weighted by Gasteiger charge is 2.18. The zero-order valence-corrected chi connectivity index (χ0v) is 20.6. The number of thiazole rings is 1. The van der Waals surface area contributed by atoms with Crippen molar-refractivity contribution < 1.29 is 14.3 Å². The van der Waals surface area contributed by atoms with Crippen molar-refractivity contribution in [3.8, 4) is 0 Å². The summed E-state index contributed by atoms with van der Waals surface area (Å²) in [4.78, 5) is 35.7. The molecule has 2 N–H and O–H groups in total. The molecule has 0 aliphatic rings. The van der Waals surface area contributed by atoms with Gasteiger partial charge in [-0.2, -0.15) is 0 Å². The molecule has 8 nitrogen and oxygen atoms in total. The van der Waals surface area contributed by atoms with E-state index in [2.05, 4.69) is 34.4 Å². The van der Waals surface area contributed by atoms with E-state index in [4.69, 9.17) is 4.74 Å². The molecule has 34 heavy (non-hydrogen) atoms. The maximum atomic E-state index is 12.9. The van der Waals surface area contributed by atoms with E-state index in [1.54, 1.807) is 23.6 Å². The number of ether oxygens (including phenoxy) is 1. The standard InChI is InChI=1S/C25H31N5O3S/c1-18(2)19-7-9-21(10-8-19)28-25(32)30(14-15-33-3)16-23-29-22(17-34-23)24(31)27-13-11-20-6-4-5-12-26-20/h4-10,12,17-18H,11,13-16H2,1-3H3,(H,27,31)(H,28,32). The van der Waals surface area contributed by atoms with Crippen LogP contribution in [0.4, 0.5) is 10.5 Å². The van der Waals surface area contributed by atoms with Crippen LogP contribution >= 0.6 is 11.3 Å². The summed E-state index contributed by atoms with van der Waals surface area (Å²) in [5.74, 6) is 0.186. The molecule has 0 aliphatic heterocycles. The molecule has 2 aromatic heterocycles. The van der Waals surface area contributed by atoms with E-state index >= 15 is 0 Å². The Kier molecular flexibility index (Phi) is 9.54. The van der Waals surface area contributed by atoms with Gasteiger partial charge in [-0.15, -0.1) is 11.3 Å². The molecule has 0 unspecified atom stereocenters. The van der Waals surface area contributed by atoms with Gasteiger partial charge >= 0.3 is 6.03 Å². The molecule has 3 aromatic rings. The summed E-state index contributed by atoms with van der Waals surface area (Å²) in [5.41, 5.74) is 3.20. The Morgan fingerprint density at radius 1 is 1.15 bits per heavy atom. The Labute approximate surface area is 204 Å². The molecular weight excluding hydrogens is 450 g/mol. The van der Waals surface area contributed by atoms with Crippen molar-refractivity contribution in [1.82, 2.24) is 20.2 Å². The third-order valence-corrected chi connectivity index (χ3v) is 6.02. The van der Waals surface area contributed by atoms with Gasteiger partial charge in [0.2, 0.25) is 0 Å². The van der Waals surface area contributed by atoms with Crippen LogP contribution < -0.4 is 10.6 Å². The lowest BCUT2D eigenvalue weighted by atomic mass is 10.0. The second-order valence-corrected chi connectivity index (χ2v) is 9.02. The fourth-order valence-electron chi connectivity index (χ4n) is 3.20. The average molecular weight is 482 g/mol. The monoisotopic (exact) mass is 481 g/mol. The van der Waals surface area contributed by atoms with Crippen LogP contribution in [0, 0.1) is 0 Å². The van der Waals surface area contributed by atoms with Crippen LogP contribution in [0.3, 0.4) is 0 Å². The number of hydrogen-bond acceptors (Lipinski definition) is 6. The number of pyridine rings is 1. The van der Waals surface area contributed by atoms with Gasteiger partial charge in [0.15, 0.2) is 0 Å². The normalized spacial score (nSPS) is 10.8. The molecule has 0 aliphatic carbocycles. The fourth-order valence-corrected chi connectivity index (χ4v) is 3.99. The molecule has 0 saturated carbocycles. The van der Waals surface area contributed by atoms with E-state index in [9.17, 15) is 9.59 Å². The van der Waals surface area contributed by atoms with E-state index in [1.807, 2.05) is 42.5 Å². The third-order valence-electron chi connectivity index (χ3n) is 5.18. The first-order valence-corrected chi connectivity index (χ1v) is 12.1. The molecule has 9 heteroatoms. The van der Waals surface area contributed by atoms with Crippen molar-refractivity contribution in [2.45, 2.75) is 32.7 Å². The van der Waals surface area contributed by atoms with Crippen LogP contribution in [-0.4, -0.2) is 53.6 Å². The molecule has 0 fully saturated rings. The predicted molar refractivity (Wildman–Crippen MR) is 134 cm³/mol. The van der Waals surface area contributed by atoms with Gasteiger partial charge in [-0.25, -0.2) is 9.78 Å². The van der Waals surface area contributed by atoms with Gasteiger partial charge in [0.25, 0.3) is 5.91 Å². The summed E-state index contributed by atoms with van der Waals surface area (Å²) in [6, 6.07) is 13.3. The summed E-state index contributed by atoms with van der Waals surface area (Å²) in [6.45, 7) is 5.81. The van der Waals surface area contributed by atoms with Gasteiger partial charge < -0.3 is 20.3 Å². The largest absolute Gasteiger partial charge is 0.383 e. The summed E-state index contributed by atoms with van der Waals surface area (Å²) >= 11 is 1.35. The number of rotatable bonds is 11. The lowest BCUT2D eigenvalue weighted by Crippen LogP contribution is -2.36. The van der Waals surface area contributed by atoms with Crippen molar-refractivity contribution in [2.75, 3.05) is 32.1 Å². The maximum Gasteiger partial charge on any atom is 0.322 e. The molecule has 3 amide bonds. The molecule has 0 radical (unpaired) electrons. The van der Waals surface area contributed by atoms with E-state index in [1.165, 1.54) is 16.9 Å². The molecule has 0 bridgehead atoms. The summed E-state index contributed by atoms with van der Waals surface area (Å²) in [5, 5.41) is 8.19. The van der Waals surface area contributed by atoms with E-state index in [-0.39, 0.29) is 18.5 Å². The van der Waals surface area contributed by atoms with Crippen LogP contribution in [0.25, 0.3) is 0 Å². The average Bonchev–Trinajstić information content (AvgIpc) is 3.31. The lowest BCUT2D eigenvalue weighted by molar-refractivity contribution is 0.0949. The highest BCUT2D eigenvalue weighted by molar-refractivity contribution is 7.09. The number of urea groups is 1. The second kappa shape index (κ2) is 12.8. The minimum Gasteiger partial charge on any atom is -0.383 e. The van der Waals surface area contributed by atoms with E-state index < -0.39 is 0 Å². The van der Waals surface area contributed by atoms with Gasteiger partial charge in [-0.3, -0.25) is 9.78 Å². The van der Waals surface area contributed by atoms with Crippen molar-refractivity contribution in [1.29, 1.82) is 0 Å². The van der Waals surface area contributed by atoms with Gasteiger partial charge in [-0.05, 0) is 35.7 Å². The molecule has 0 atom stereocenters. The first-order valence-electron chi connectivity index (χ1n) is 11.2. The number of nitrogens with one attached hydrogen (secondary N) is 2. The van der Waals surface area contributed by atoms with Crippen LogP contribution in [0.5, 0.6) is 0 Å².